The van der Waals surface area contributed by atoms with Crippen LogP contribution in [0, 0.1) is 10.5 Å². The van der Waals surface area contributed by atoms with Gasteiger partial charge in [-0.2, -0.15) is 9.61 Å². The summed E-state index contributed by atoms with van der Waals surface area (Å²) in [6.45, 7) is 1.86. The first-order chi connectivity index (χ1) is 12.1. The molecule has 0 aliphatic carbocycles. The van der Waals surface area contributed by atoms with E-state index in [1.165, 1.54) is 11.3 Å². The molecule has 0 atom stereocenters. The summed E-state index contributed by atoms with van der Waals surface area (Å²) in [4.78, 5) is 13.2. The predicted octanol–water partition coefficient (Wildman–Crippen LogP) is 4.02. The number of anilines is 1. The SMILES string of the molecule is Cc1nnc2sc(-c3cccc(NC(=O)c4ccccc4I)c3)nn12. The van der Waals surface area contributed by atoms with Crippen molar-refractivity contribution >= 4 is 50.5 Å². The molecule has 2 aromatic carbocycles. The number of aromatic nitrogens is 4. The molecule has 0 fully saturated rings. The van der Waals surface area contributed by atoms with Gasteiger partial charge in [-0.1, -0.05) is 35.6 Å². The number of halogens is 1. The van der Waals surface area contributed by atoms with Gasteiger partial charge in [-0.15, -0.1) is 10.2 Å². The number of hydrogen-bond donors (Lipinski definition) is 1. The second-order valence-corrected chi connectivity index (χ2v) is 7.48. The summed E-state index contributed by atoms with van der Waals surface area (Å²) >= 11 is 3.62. The second-order valence-electron chi connectivity index (χ2n) is 5.36. The molecule has 6 nitrogen and oxygen atoms in total. The van der Waals surface area contributed by atoms with Crippen LogP contribution >= 0.6 is 33.9 Å². The molecule has 0 saturated carbocycles. The summed E-state index contributed by atoms with van der Waals surface area (Å²) in [5, 5.41) is 16.4. The van der Waals surface area contributed by atoms with Crippen molar-refractivity contribution < 1.29 is 4.79 Å². The van der Waals surface area contributed by atoms with Crippen LogP contribution in [0.5, 0.6) is 0 Å². The summed E-state index contributed by atoms with van der Waals surface area (Å²) in [6, 6.07) is 15.1. The maximum Gasteiger partial charge on any atom is 0.256 e. The molecule has 0 saturated heterocycles. The lowest BCUT2D eigenvalue weighted by Gasteiger charge is -2.07. The first-order valence-electron chi connectivity index (χ1n) is 7.47. The van der Waals surface area contributed by atoms with Crippen molar-refractivity contribution in [2.24, 2.45) is 0 Å². The first kappa shape index (κ1) is 16.2. The number of aryl methyl sites for hydroxylation is 1. The number of carbonyl (C=O) groups excluding carboxylic acids is 1. The lowest BCUT2D eigenvalue weighted by atomic mass is 10.2. The molecule has 0 unspecified atom stereocenters. The van der Waals surface area contributed by atoms with E-state index in [4.69, 9.17) is 0 Å². The van der Waals surface area contributed by atoms with Gasteiger partial charge in [-0.05, 0) is 53.8 Å². The minimum absolute atomic E-state index is 0.129. The lowest BCUT2D eigenvalue weighted by molar-refractivity contribution is 0.102. The van der Waals surface area contributed by atoms with Gasteiger partial charge in [0.05, 0.1) is 5.56 Å². The van der Waals surface area contributed by atoms with Gasteiger partial charge in [0, 0.05) is 14.8 Å². The number of carbonyl (C=O) groups is 1. The third-order valence-electron chi connectivity index (χ3n) is 3.63. The van der Waals surface area contributed by atoms with Crippen LogP contribution in [0.3, 0.4) is 0 Å². The van der Waals surface area contributed by atoms with Crippen LogP contribution in [0.4, 0.5) is 5.69 Å². The van der Waals surface area contributed by atoms with Gasteiger partial charge < -0.3 is 5.32 Å². The van der Waals surface area contributed by atoms with Crippen molar-refractivity contribution in [3.05, 3.63) is 63.5 Å². The van der Waals surface area contributed by atoms with Gasteiger partial charge in [0.15, 0.2) is 5.82 Å². The summed E-state index contributed by atoms with van der Waals surface area (Å²) < 4.78 is 2.63. The van der Waals surface area contributed by atoms with Crippen LogP contribution in [0.2, 0.25) is 0 Å². The minimum atomic E-state index is -0.129. The number of benzene rings is 2. The van der Waals surface area contributed by atoms with Crippen molar-refractivity contribution in [1.82, 2.24) is 19.8 Å². The van der Waals surface area contributed by atoms with E-state index < -0.39 is 0 Å². The van der Waals surface area contributed by atoms with Gasteiger partial charge in [0.1, 0.15) is 5.01 Å². The van der Waals surface area contributed by atoms with Crippen LogP contribution in [0.25, 0.3) is 15.5 Å². The van der Waals surface area contributed by atoms with E-state index in [9.17, 15) is 4.79 Å². The van der Waals surface area contributed by atoms with E-state index in [0.717, 1.165) is 30.6 Å². The maximum atomic E-state index is 12.5. The fourth-order valence-electron chi connectivity index (χ4n) is 2.41. The van der Waals surface area contributed by atoms with Gasteiger partial charge in [-0.25, -0.2) is 0 Å². The monoisotopic (exact) mass is 461 g/mol. The number of fused-ring (bicyclic) bond motifs is 1. The highest BCUT2D eigenvalue weighted by Crippen LogP contribution is 2.27. The highest BCUT2D eigenvalue weighted by molar-refractivity contribution is 14.1. The van der Waals surface area contributed by atoms with Gasteiger partial charge in [-0.3, -0.25) is 4.79 Å². The molecule has 0 radical (unpaired) electrons. The van der Waals surface area contributed by atoms with Crippen molar-refractivity contribution in [1.29, 1.82) is 0 Å². The Labute approximate surface area is 161 Å². The Bertz CT molecular complexity index is 1090. The molecule has 0 aliphatic heterocycles. The maximum absolute atomic E-state index is 12.5. The van der Waals surface area contributed by atoms with Crippen molar-refractivity contribution in [3.8, 4) is 10.6 Å². The fraction of sp³-hybridized carbons (Fsp3) is 0.0588. The summed E-state index contributed by atoms with van der Waals surface area (Å²) in [5.41, 5.74) is 2.31. The Balaban J connectivity index is 1.63. The third-order valence-corrected chi connectivity index (χ3v) is 5.52. The van der Waals surface area contributed by atoms with Crippen LogP contribution < -0.4 is 5.32 Å². The van der Waals surface area contributed by atoms with Crippen molar-refractivity contribution in [2.75, 3.05) is 5.32 Å². The van der Waals surface area contributed by atoms with Crippen LogP contribution in [-0.2, 0) is 0 Å². The standard InChI is InChI=1S/C17H12IN5OS/c1-10-20-21-17-23(10)22-16(25-17)11-5-4-6-12(9-11)19-15(24)13-7-2-3-8-14(13)18/h2-9H,1H3,(H,19,24). The Morgan fingerprint density at radius 3 is 2.80 bits per heavy atom. The summed E-state index contributed by atoms with van der Waals surface area (Å²) in [5.74, 6) is 0.622. The van der Waals surface area contributed by atoms with E-state index in [2.05, 4.69) is 43.2 Å². The Kier molecular flexibility index (Phi) is 4.22. The molecular weight excluding hydrogens is 449 g/mol. The molecule has 0 aliphatic rings. The van der Waals surface area contributed by atoms with Crippen molar-refractivity contribution in [2.45, 2.75) is 6.92 Å². The number of amides is 1. The molecule has 2 heterocycles. The zero-order valence-corrected chi connectivity index (χ0v) is 16.1. The summed E-state index contributed by atoms with van der Waals surface area (Å²) in [6.07, 6.45) is 0. The molecule has 124 valence electrons. The second kappa shape index (κ2) is 6.52. The van der Waals surface area contributed by atoms with Crippen LogP contribution in [0.15, 0.2) is 48.5 Å². The lowest BCUT2D eigenvalue weighted by Crippen LogP contribution is -2.13. The largest absolute Gasteiger partial charge is 0.322 e. The molecular formula is C17H12IN5OS. The topological polar surface area (TPSA) is 72.2 Å². The van der Waals surface area contributed by atoms with E-state index in [0.29, 0.717) is 5.56 Å². The molecule has 25 heavy (non-hydrogen) atoms. The number of rotatable bonds is 3. The molecule has 2 aromatic heterocycles. The highest BCUT2D eigenvalue weighted by atomic mass is 127. The Hall–Kier alpha value is -2.33. The normalized spacial score (nSPS) is 11.0. The molecule has 4 aromatic rings. The van der Waals surface area contributed by atoms with E-state index >= 15 is 0 Å². The van der Waals surface area contributed by atoms with E-state index in [-0.39, 0.29) is 5.91 Å². The zero-order chi connectivity index (χ0) is 17.4. The molecule has 1 amide bonds. The van der Waals surface area contributed by atoms with Crippen LogP contribution in [-0.4, -0.2) is 25.7 Å². The van der Waals surface area contributed by atoms with E-state index in [1.54, 1.807) is 4.52 Å². The minimum Gasteiger partial charge on any atom is -0.322 e. The van der Waals surface area contributed by atoms with Crippen LogP contribution in [0.1, 0.15) is 16.2 Å². The third kappa shape index (κ3) is 3.14. The Morgan fingerprint density at radius 1 is 1.16 bits per heavy atom. The average Bonchev–Trinajstić information content (AvgIpc) is 3.18. The average molecular weight is 461 g/mol. The summed E-state index contributed by atoms with van der Waals surface area (Å²) in [7, 11) is 0. The number of nitrogens with zero attached hydrogens (tertiary/aromatic N) is 4. The number of hydrogen-bond acceptors (Lipinski definition) is 5. The smallest absolute Gasteiger partial charge is 0.256 e. The fourth-order valence-corrected chi connectivity index (χ4v) is 3.92. The highest BCUT2D eigenvalue weighted by Gasteiger charge is 2.13. The van der Waals surface area contributed by atoms with Gasteiger partial charge in [0.2, 0.25) is 4.96 Å². The molecule has 0 bridgehead atoms. The van der Waals surface area contributed by atoms with Crippen molar-refractivity contribution in [3.63, 3.8) is 0 Å². The Morgan fingerprint density at radius 2 is 2.00 bits per heavy atom. The van der Waals surface area contributed by atoms with E-state index in [1.807, 2.05) is 55.5 Å². The quantitative estimate of drug-likeness (QED) is 0.468. The van der Waals surface area contributed by atoms with Gasteiger partial charge in [0.25, 0.3) is 5.91 Å². The zero-order valence-electron chi connectivity index (χ0n) is 13.1. The molecule has 1 N–H and O–H groups in total. The first-order valence-corrected chi connectivity index (χ1v) is 9.36. The molecule has 8 heteroatoms. The molecule has 0 spiro atoms. The molecule has 4 rings (SSSR count). The van der Waals surface area contributed by atoms with Gasteiger partial charge >= 0.3 is 0 Å². The number of nitrogens with one attached hydrogen (secondary N) is 1. The predicted molar refractivity (Wildman–Crippen MR) is 106 cm³/mol.